The van der Waals surface area contributed by atoms with E-state index in [0.29, 0.717) is 5.92 Å². The Bertz CT molecular complexity index is 380. The normalized spacial score (nSPS) is 24.7. The predicted octanol–water partition coefficient (Wildman–Crippen LogP) is 3.35. The highest BCUT2D eigenvalue weighted by Crippen LogP contribution is 2.22. The van der Waals surface area contributed by atoms with Crippen LogP contribution in [0.2, 0.25) is 0 Å². The predicted molar refractivity (Wildman–Crippen MR) is 62.5 cm³/mol. The van der Waals surface area contributed by atoms with Crippen LogP contribution >= 0.6 is 0 Å². The smallest absolute Gasteiger partial charge is 0.188 e. The Hall–Kier alpha value is -1.37. The molecule has 1 nitrogen and oxygen atoms in total. The van der Waals surface area contributed by atoms with Gasteiger partial charge in [0.15, 0.2) is 5.78 Å². The van der Waals surface area contributed by atoms with Gasteiger partial charge in [-0.2, -0.15) is 0 Å². The maximum absolute atomic E-state index is 12.0. The highest BCUT2D eigenvalue weighted by atomic mass is 16.1. The molecule has 0 fully saturated rings. The third-order valence-electron chi connectivity index (χ3n) is 2.88. The average molecular weight is 200 g/mol. The molecule has 0 bridgehead atoms. The number of hydrogen-bond donors (Lipinski definition) is 0. The van der Waals surface area contributed by atoms with E-state index in [4.69, 9.17) is 0 Å². The van der Waals surface area contributed by atoms with Gasteiger partial charge in [0.1, 0.15) is 0 Å². The van der Waals surface area contributed by atoms with Crippen molar-refractivity contribution in [2.45, 2.75) is 26.2 Å². The molecule has 0 aromatic rings. The van der Waals surface area contributed by atoms with Crippen molar-refractivity contribution in [3.8, 4) is 0 Å². The molecule has 1 atom stereocenters. The van der Waals surface area contributed by atoms with Crippen molar-refractivity contribution in [2.75, 3.05) is 0 Å². The van der Waals surface area contributed by atoms with E-state index in [2.05, 4.69) is 25.2 Å². The van der Waals surface area contributed by atoms with Gasteiger partial charge in [-0.3, -0.25) is 4.79 Å². The molecule has 1 unspecified atom stereocenters. The molecular weight excluding hydrogens is 184 g/mol. The monoisotopic (exact) mass is 200 g/mol. The number of ketones is 1. The molecule has 2 aliphatic rings. The van der Waals surface area contributed by atoms with Crippen LogP contribution < -0.4 is 0 Å². The lowest BCUT2D eigenvalue weighted by Crippen LogP contribution is -2.09. The second-order valence-corrected chi connectivity index (χ2v) is 4.22. The molecule has 0 saturated heterocycles. The number of hydrogen-bond acceptors (Lipinski definition) is 1. The third-order valence-corrected chi connectivity index (χ3v) is 2.88. The Morgan fingerprint density at radius 1 is 1.47 bits per heavy atom. The molecule has 0 aromatic heterocycles. The molecule has 0 saturated carbocycles. The van der Waals surface area contributed by atoms with Crippen molar-refractivity contribution in [1.29, 1.82) is 0 Å². The third kappa shape index (κ3) is 2.35. The van der Waals surface area contributed by atoms with E-state index in [1.165, 1.54) is 0 Å². The van der Waals surface area contributed by atoms with E-state index in [-0.39, 0.29) is 5.78 Å². The first-order chi connectivity index (χ1) is 7.27. The van der Waals surface area contributed by atoms with Crippen LogP contribution in [0.5, 0.6) is 0 Å². The summed E-state index contributed by atoms with van der Waals surface area (Å²) in [6, 6.07) is 0. The summed E-state index contributed by atoms with van der Waals surface area (Å²) in [4.78, 5) is 12.0. The zero-order valence-electron chi connectivity index (χ0n) is 9.07. The number of rotatable bonds is 2. The maximum atomic E-state index is 12.0. The fourth-order valence-electron chi connectivity index (χ4n) is 1.87. The van der Waals surface area contributed by atoms with Crippen molar-refractivity contribution < 1.29 is 4.79 Å². The fraction of sp³-hybridized carbons (Fsp3) is 0.357. The van der Waals surface area contributed by atoms with Crippen LogP contribution in [0.1, 0.15) is 26.2 Å². The second-order valence-electron chi connectivity index (χ2n) is 4.22. The first kappa shape index (κ1) is 10.2. The lowest BCUT2D eigenvalue weighted by molar-refractivity contribution is -0.112. The standard InChI is InChI=1S/C14H16O/c1-11-7-9-13(10-8-11)14(15)12-5-3-2-4-6-12/h2-3,5,7,9-11H,4,6,8H2,1H3. The molecule has 1 heteroatoms. The average Bonchev–Trinajstić information content (AvgIpc) is 2.30. The number of carbonyl (C=O) groups excluding carboxylic acids is 1. The van der Waals surface area contributed by atoms with Gasteiger partial charge in [-0.25, -0.2) is 0 Å². The molecule has 0 spiro atoms. The molecule has 0 radical (unpaired) electrons. The lowest BCUT2D eigenvalue weighted by Gasteiger charge is -2.13. The summed E-state index contributed by atoms with van der Waals surface area (Å²) in [6.45, 7) is 2.16. The minimum absolute atomic E-state index is 0.211. The molecule has 0 amide bonds. The Morgan fingerprint density at radius 3 is 2.93 bits per heavy atom. The van der Waals surface area contributed by atoms with E-state index in [0.717, 1.165) is 30.4 Å². The highest BCUT2D eigenvalue weighted by Gasteiger charge is 2.15. The number of allylic oxidation sites excluding steroid dienone is 8. The Kier molecular flexibility index (Phi) is 3.00. The SMILES string of the molecule is CC1C=CC(C(=O)C2=CC=CCC2)=CC1. The number of carbonyl (C=O) groups is 1. The van der Waals surface area contributed by atoms with E-state index in [1.807, 2.05) is 18.2 Å². The van der Waals surface area contributed by atoms with Crippen LogP contribution in [0.3, 0.4) is 0 Å². The van der Waals surface area contributed by atoms with Crippen LogP contribution in [0.25, 0.3) is 0 Å². The topological polar surface area (TPSA) is 17.1 Å². The summed E-state index contributed by atoms with van der Waals surface area (Å²) >= 11 is 0. The molecule has 2 aliphatic carbocycles. The van der Waals surface area contributed by atoms with Crippen molar-refractivity contribution >= 4 is 5.78 Å². The Balaban J connectivity index is 2.12. The maximum Gasteiger partial charge on any atom is 0.188 e. The molecule has 0 aliphatic heterocycles. The van der Waals surface area contributed by atoms with Crippen molar-refractivity contribution in [2.24, 2.45) is 5.92 Å². The van der Waals surface area contributed by atoms with Crippen molar-refractivity contribution in [1.82, 2.24) is 0 Å². The first-order valence-corrected chi connectivity index (χ1v) is 5.56. The highest BCUT2D eigenvalue weighted by molar-refractivity contribution is 6.10. The second kappa shape index (κ2) is 4.43. The van der Waals surface area contributed by atoms with E-state index in [9.17, 15) is 4.79 Å². The lowest BCUT2D eigenvalue weighted by atomic mass is 9.91. The quantitative estimate of drug-likeness (QED) is 0.668. The van der Waals surface area contributed by atoms with Crippen molar-refractivity contribution in [3.05, 3.63) is 47.6 Å². The van der Waals surface area contributed by atoms with Gasteiger partial charge in [-0.15, -0.1) is 0 Å². The van der Waals surface area contributed by atoms with Crippen LogP contribution in [-0.4, -0.2) is 5.78 Å². The van der Waals surface area contributed by atoms with Crippen LogP contribution in [-0.2, 0) is 4.79 Å². The molecule has 2 rings (SSSR count). The minimum Gasteiger partial charge on any atom is -0.289 e. The largest absolute Gasteiger partial charge is 0.289 e. The van der Waals surface area contributed by atoms with Gasteiger partial charge in [-0.1, -0.05) is 43.4 Å². The zero-order chi connectivity index (χ0) is 10.7. The van der Waals surface area contributed by atoms with E-state index >= 15 is 0 Å². The van der Waals surface area contributed by atoms with Gasteiger partial charge in [-0.05, 0) is 25.2 Å². The summed E-state index contributed by atoms with van der Waals surface area (Å²) in [5, 5.41) is 0. The molecule has 0 heterocycles. The van der Waals surface area contributed by atoms with E-state index in [1.54, 1.807) is 0 Å². The molecule has 0 aromatic carbocycles. The summed E-state index contributed by atoms with van der Waals surface area (Å²) < 4.78 is 0. The van der Waals surface area contributed by atoms with Crippen molar-refractivity contribution in [3.63, 3.8) is 0 Å². The minimum atomic E-state index is 0.211. The Morgan fingerprint density at radius 2 is 2.33 bits per heavy atom. The fourth-order valence-corrected chi connectivity index (χ4v) is 1.87. The van der Waals surface area contributed by atoms with Gasteiger partial charge >= 0.3 is 0 Å². The number of Topliss-reactive ketones (excluding diaryl/α,β-unsaturated/α-hetero) is 1. The molecule has 0 N–H and O–H groups in total. The van der Waals surface area contributed by atoms with Crippen LogP contribution in [0.15, 0.2) is 47.6 Å². The molecular formula is C14H16O. The van der Waals surface area contributed by atoms with Gasteiger partial charge in [0.05, 0.1) is 0 Å². The molecule has 78 valence electrons. The van der Waals surface area contributed by atoms with E-state index < -0.39 is 0 Å². The van der Waals surface area contributed by atoms with Gasteiger partial charge in [0, 0.05) is 11.1 Å². The molecule has 15 heavy (non-hydrogen) atoms. The zero-order valence-corrected chi connectivity index (χ0v) is 9.07. The summed E-state index contributed by atoms with van der Waals surface area (Å²) in [6.07, 6.45) is 15.0. The van der Waals surface area contributed by atoms with Crippen LogP contribution in [0.4, 0.5) is 0 Å². The summed E-state index contributed by atoms with van der Waals surface area (Å²) in [5.41, 5.74) is 1.82. The first-order valence-electron chi connectivity index (χ1n) is 5.56. The summed E-state index contributed by atoms with van der Waals surface area (Å²) in [5.74, 6) is 0.782. The van der Waals surface area contributed by atoms with Gasteiger partial charge in [0.2, 0.25) is 0 Å². The van der Waals surface area contributed by atoms with Crippen LogP contribution in [0, 0.1) is 5.92 Å². The summed E-state index contributed by atoms with van der Waals surface area (Å²) in [7, 11) is 0. The van der Waals surface area contributed by atoms with Gasteiger partial charge < -0.3 is 0 Å². The van der Waals surface area contributed by atoms with Gasteiger partial charge in [0.25, 0.3) is 0 Å². The Labute approximate surface area is 90.9 Å².